The van der Waals surface area contributed by atoms with Crippen molar-refractivity contribution in [2.75, 3.05) is 13.7 Å². The Morgan fingerprint density at radius 1 is 1.11 bits per heavy atom. The van der Waals surface area contributed by atoms with Gasteiger partial charge in [0.15, 0.2) is 0 Å². The van der Waals surface area contributed by atoms with Crippen LogP contribution in [-0.4, -0.2) is 72.1 Å². The van der Waals surface area contributed by atoms with Gasteiger partial charge < -0.3 is 19.7 Å². The first-order valence-electron chi connectivity index (χ1n) is 16.3. The summed E-state index contributed by atoms with van der Waals surface area (Å²) in [6.07, 6.45) is 9.30. The molecule has 248 valence electrons. The van der Waals surface area contributed by atoms with E-state index in [1.54, 1.807) is 25.1 Å². The number of sulfonamides is 1. The third-order valence-electron chi connectivity index (χ3n) is 10.2. The van der Waals surface area contributed by atoms with Crippen LogP contribution in [0.3, 0.4) is 0 Å². The van der Waals surface area contributed by atoms with E-state index >= 15 is 0 Å². The van der Waals surface area contributed by atoms with E-state index in [1.807, 2.05) is 36.4 Å². The van der Waals surface area contributed by atoms with Crippen molar-refractivity contribution in [3.8, 4) is 11.6 Å². The summed E-state index contributed by atoms with van der Waals surface area (Å²) in [5.74, 6) is -0.250. The van der Waals surface area contributed by atoms with Crippen LogP contribution in [0.5, 0.6) is 11.6 Å². The van der Waals surface area contributed by atoms with Crippen LogP contribution in [0, 0.1) is 17.8 Å². The van der Waals surface area contributed by atoms with Crippen molar-refractivity contribution in [1.82, 2.24) is 19.9 Å². The number of carbonyl (C=O) groups is 3. The molecule has 6 rings (SSSR count). The molecular weight excluding hydrogens is 608 g/mol. The number of nitrogens with zero attached hydrogens (tertiary/aromatic N) is 2. The number of pyridine rings is 1. The minimum absolute atomic E-state index is 0.118. The summed E-state index contributed by atoms with van der Waals surface area (Å²) in [4.78, 5) is 47.6. The molecule has 2 saturated carbocycles. The summed E-state index contributed by atoms with van der Waals surface area (Å²) in [6.45, 7) is 6.02. The van der Waals surface area contributed by atoms with E-state index in [9.17, 15) is 22.8 Å². The van der Waals surface area contributed by atoms with Crippen LogP contribution in [0.1, 0.15) is 72.1 Å². The van der Waals surface area contributed by atoms with Gasteiger partial charge in [-0.25, -0.2) is 13.4 Å². The van der Waals surface area contributed by atoms with E-state index in [0.717, 1.165) is 30.0 Å². The van der Waals surface area contributed by atoms with Crippen molar-refractivity contribution >= 4 is 38.5 Å². The number of benzene rings is 1. The number of rotatable bonds is 6. The first kappa shape index (κ1) is 32.3. The lowest BCUT2D eigenvalue weighted by Gasteiger charge is -2.28. The van der Waals surface area contributed by atoms with E-state index in [1.165, 1.54) is 0 Å². The first-order valence-corrected chi connectivity index (χ1v) is 17.8. The smallest absolute Gasteiger partial charge is 0.259 e. The summed E-state index contributed by atoms with van der Waals surface area (Å²) in [5, 5.41) is 4.50. The Kier molecular flexibility index (Phi) is 8.54. The fraction of sp³-hybridized carbons (Fsp3) is 0.588. The van der Waals surface area contributed by atoms with Crippen LogP contribution < -0.4 is 19.5 Å². The van der Waals surface area contributed by atoms with Crippen molar-refractivity contribution in [3.63, 3.8) is 0 Å². The predicted molar refractivity (Wildman–Crippen MR) is 172 cm³/mol. The summed E-state index contributed by atoms with van der Waals surface area (Å²) >= 11 is 0. The second-order valence-corrected chi connectivity index (χ2v) is 16.2. The summed E-state index contributed by atoms with van der Waals surface area (Å²) in [6, 6.07) is 6.67. The van der Waals surface area contributed by atoms with E-state index in [4.69, 9.17) is 9.47 Å². The summed E-state index contributed by atoms with van der Waals surface area (Å²) in [5.41, 5.74) is -1.41. The molecule has 1 saturated heterocycles. The van der Waals surface area contributed by atoms with Crippen molar-refractivity contribution in [1.29, 1.82) is 0 Å². The number of allylic oxidation sites excluding steroid dienone is 1. The van der Waals surface area contributed by atoms with Gasteiger partial charge in [-0.15, -0.1) is 0 Å². The molecule has 12 heteroatoms. The minimum atomic E-state index is -3.91. The van der Waals surface area contributed by atoms with E-state index in [2.05, 4.69) is 28.9 Å². The SMILES string of the molecule is COc1cnc(O[C@@H]2C[C@H]3C(=O)N[C@]4(C(=O)NS(=O)(=O)C5(C)CC5)C[C@H]4/C=C\CC[C@H](C)C[C@@H](C)CC(=O)N3C2)c2ccccc12. The Labute approximate surface area is 270 Å². The third-order valence-corrected chi connectivity index (χ3v) is 12.4. The molecule has 3 fully saturated rings. The highest BCUT2D eigenvalue weighted by Gasteiger charge is 2.63. The summed E-state index contributed by atoms with van der Waals surface area (Å²) < 4.78 is 39.2. The molecule has 0 unspecified atom stereocenters. The van der Waals surface area contributed by atoms with Crippen LogP contribution in [0.25, 0.3) is 10.8 Å². The van der Waals surface area contributed by atoms with Crippen molar-refractivity contribution < 1.29 is 32.3 Å². The molecule has 2 aliphatic carbocycles. The second kappa shape index (κ2) is 12.2. The molecule has 0 bridgehead atoms. The molecular formula is C34H44N4O7S. The van der Waals surface area contributed by atoms with E-state index < -0.39 is 44.3 Å². The van der Waals surface area contributed by atoms with Crippen molar-refractivity contribution in [3.05, 3.63) is 42.6 Å². The van der Waals surface area contributed by atoms with E-state index in [0.29, 0.717) is 30.4 Å². The zero-order valence-corrected chi connectivity index (χ0v) is 27.8. The number of amides is 3. The van der Waals surface area contributed by atoms with Gasteiger partial charge in [0, 0.05) is 29.5 Å². The molecule has 3 amide bonds. The third kappa shape index (κ3) is 6.20. The largest absolute Gasteiger partial charge is 0.494 e. The average molecular weight is 653 g/mol. The van der Waals surface area contributed by atoms with E-state index in [-0.39, 0.29) is 43.6 Å². The van der Waals surface area contributed by atoms with Crippen LogP contribution in [-0.2, 0) is 24.4 Å². The number of hydrogen-bond donors (Lipinski definition) is 2. The maximum atomic E-state index is 14.1. The number of carbonyl (C=O) groups excluding carboxylic acids is 3. The Morgan fingerprint density at radius 3 is 2.57 bits per heavy atom. The van der Waals surface area contributed by atoms with Crippen LogP contribution in [0.4, 0.5) is 0 Å². The lowest BCUT2D eigenvalue weighted by Crippen LogP contribution is -2.57. The average Bonchev–Trinajstić information content (AvgIpc) is 3.89. The van der Waals surface area contributed by atoms with Crippen molar-refractivity contribution in [2.45, 2.75) is 94.6 Å². The number of nitrogens with one attached hydrogen (secondary N) is 2. The lowest BCUT2D eigenvalue weighted by atomic mass is 9.91. The standard InChI is InChI=1S/C34H44N4O7S/c1-21-9-5-6-10-23-18-34(23,32(41)37-46(42,43)33(3)13-14-33)36-30(40)27-17-24(20-38(27)29(39)16-22(2)15-21)45-31-26-12-8-7-11-25(26)28(44-4)19-35-31/h6-8,10-12,19,21-24,27H,5,9,13-18,20H2,1-4H3,(H,36,40)(H,37,41)/b10-6-/t21-,22+,23+,24+,27-,34+/m0/s1. The Bertz CT molecular complexity index is 1670. The van der Waals surface area contributed by atoms with Gasteiger partial charge >= 0.3 is 0 Å². The topological polar surface area (TPSA) is 144 Å². The Morgan fingerprint density at radius 2 is 1.85 bits per heavy atom. The first-order chi connectivity index (χ1) is 21.9. The van der Waals surface area contributed by atoms with Gasteiger partial charge in [0.25, 0.3) is 5.91 Å². The van der Waals surface area contributed by atoms with Gasteiger partial charge in [-0.1, -0.05) is 44.2 Å². The molecule has 3 heterocycles. The van der Waals surface area contributed by atoms with Crippen LogP contribution >= 0.6 is 0 Å². The zero-order chi connectivity index (χ0) is 32.9. The van der Waals surface area contributed by atoms with Gasteiger partial charge in [0.05, 0.1) is 24.6 Å². The molecule has 4 aliphatic rings. The molecule has 11 nitrogen and oxygen atoms in total. The van der Waals surface area contributed by atoms with Gasteiger partial charge in [-0.3, -0.25) is 19.1 Å². The predicted octanol–water partition coefficient (Wildman–Crippen LogP) is 3.87. The highest BCUT2D eigenvalue weighted by atomic mass is 32.2. The number of hydrogen-bond acceptors (Lipinski definition) is 8. The molecule has 0 radical (unpaired) electrons. The molecule has 1 aromatic carbocycles. The highest BCUT2D eigenvalue weighted by molar-refractivity contribution is 7.91. The highest BCUT2D eigenvalue weighted by Crippen LogP contribution is 2.47. The lowest BCUT2D eigenvalue weighted by molar-refractivity contribution is -0.140. The number of fused-ring (bicyclic) bond motifs is 3. The molecule has 2 aliphatic heterocycles. The zero-order valence-electron chi connectivity index (χ0n) is 27.0. The second-order valence-electron chi connectivity index (χ2n) is 14.0. The normalized spacial score (nSPS) is 31.8. The quantitative estimate of drug-likeness (QED) is 0.448. The number of ether oxygens (including phenoxy) is 2. The summed E-state index contributed by atoms with van der Waals surface area (Å²) in [7, 11) is -2.34. The maximum absolute atomic E-state index is 14.1. The molecule has 0 spiro atoms. The number of methoxy groups -OCH3 is 1. The molecule has 6 atom stereocenters. The molecule has 1 aromatic heterocycles. The fourth-order valence-corrected chi connectivity index (χ4v) is 8.29. The van der Waals surface area contributed by atoms with Gasteiger partial charge in [-0.2, -0.15) is 0 Å². The molecule has 46 heavy (non-hydrogen) atoms. The molecule has 2 aromatic rings. The molecule has 2 N–H and O–H groups in total. The Hall–Kier alpha value is -3.67. The number of aromatic nitrogens is 1. The van der Waals surface area contributed by atoms with Gasteiger partial charge in [0.1, 0.15) is 23.4 Å². The van der Waals surface area contributed by atoms with Crippen LogP contribution in [0.15, 0.2) is 42.6 Å². The fourth-order valence-electron chi connectivity index (χ4n) is 6.97. The van der Waals surface area contributed by atoms with Gasteiger partial charge in [-0.05, 0) is 63.4 Å². The van der Waals surface area contributed by atoms with Gasteiger partial charge in [0.2, 0.25) is 27.7 Å². The van der Waals surface area contributed by atoms with Crippen molar-refractivity contribution in [2.24, 2.45) is 17.8 Å². The maximum Gasteiger partial charge on any atom is 0.259 e. The van der Waals surface area contributed by atoms with Crippen LogP contribution in [0.2, 0.25) is 0 Å². The minimum Gasteiger partial charge on any atom is -0.494 e. The monoisotopic (exact) mass is 652 g/mol. The Balaban J connectivity index is 1.28.